The standard InChI is InChI=1S/C15H27N5O/c1-7-20(11(4)9-19(5)6)15(21)13-12(16)8-17-14(18-13)10(2)3/h8,10-11H,7,9,16H2,1-6H3. The first-order chi connectivity index (χ1) is 9.77. The summed E-state index contributed by atoms with van der Waals surface area (Å²) in [6.07, 6.45) is 1.53. The minimum atomic E-state index is -0.131. The molecule has 0 fully saturated rings. The molecule has 0 spiro atoms. The topological polar surface area (TPSA) is 75.3 Å². The highest BCUT2D eigenvalue weighted by Gasteiger charge is 2.24. The predicted molar refractivity (Wildman–Crippen MR) is 85.3 cm³/mol. The third kappa shape index (κ3) is 4.39. The zero-order valence-electron chi connectivity index (χ0n) is 13.9. The van der Waals surface area contributed by atoms with Gasteiger partial charge in [-0.3, -0.25) is 4.79 Å². The molecule has 0 aliphatic rings. The summed E-state index contributed by atoms with van der Waals surface area (Å²) < 4.78 is 0. The quantitative estimate of drug-likeness (QED) is 0.862. The fourth-order valence-electron chi connectivity index (χ4n) is 2.27. The van der Waals surface area contributed by atoms with E-state index in [0.29, 0.717) is 23.8 Å². The average molecular weight is 293 g/mol. The van der Waals surface area contributed by atoms with Crippen LogP contribution in [0.5, 0.6) is 0 Å². The molecule has 6 heteroatoms. The van der Waals surface area contributed by atoms with Crippen LogP contribution in [0.25, 0.3) is 0 Å². The highest BCUT2D eigenvalue weighted by atomic mass is 16.2. The Morgan fingerprint density at radius 1 is 1.33 bits per heavy atom. The molecule has 0 saturated heterocycles. The number of carbonyl (C=O) groups excluding carboxylic acids is 1. The van der Waals surface area contributed by atoms with E-state index >= 15 is 0 Å². The number of likely N-dealkylation sites (N-methyl/N-ethyl adjacent to an activating group) is 2. The highest BCUT2D eigenvalue weighted by molar-refractivity contribution is 5.97. The molecule has 1 rings (SSSR count). The number of nitrogens with two attached hydrogens (primary N) is 1. The van der Waals surface area contributed by atoms with Crippen molar-refractivity contribution in [1.29, 1.82) is 0 Å². The Morgan fingerprint density at radius 3 is 2.43 bits per heavy atom. The molecule has 1 aromatic rings. The van der Waals surface area contributed by atoms with Gasteiger partial charge in [-0.25, -0.2) is 9.97 Å². The molecule has 1 unspecified atom stereocenters. The van der Waals surface area contributed by atoms with E-state index in [1.807, 2.05) is 41.8 Å². The van der Waals surface area contributed by atoms with Crippen molar-refractivity contribution in [2.75, 3.05) is 32.9 Å². The molecule has 0 bridgehead atoms. The lowest BCUT2D eigenvalue weighted by Crippen LogP contribution is -2.44. The Morgan fingerprint density at radius 2 is 1.95 bits per heavy atom. The largest absolute Gasteiger partial charge is 0.396 e. The molecular weight excluding hydrogens is 266 g/mol. The molecule has 6 nitrogen and oxygen atoms in total. The molecule has 0 aliphatic carbocycles. The van der Waals surface area contributed by atoms with Gasteiger partial charge >= 0.3 is 0 Å². The Labute approximate surface area is 127 Å². The molecule has 1 aromatic heterocycles. The van der Waals surface area contributed by atoms with Crippen molar-refractivity contribution in [3.8, 4) is 0 Å². The molecule has 2 N–H and O–H groups in total. The maximum absolute atomic E-state index is 12.7. The van der Waals surface area contributed by atoms with Crippen LogP contribution in [0.4, 0.5) is 5.69 Å². The Kier molecular flexibility index (Phi) is 6.08. The number of amides is 1. The van der Waals surface area contributed by atoms with E-state index < -0.39 is 0 Å². The van der Waals surface area contributed by atoms with Crippen molar-refractivity contribution in [3.63, 3.8) is 0 Å². The summed E-state index contributed by atoms with van der Waals surface area (Å²) in [5.41, 5.74) is 6.54. The van der Waals surface area contributed by atoms with E-state index in [0.717, 1.165) is 6.54 Å². The second kappa shape index (κ2) is 7.36. The summed E-state index contributed by atoms with van der Waals surface area (Å²) in [7, 11) is 3.98. The molecule has 1 atom stereocenters. The molecular formula is C15H27N5O. The van der Waals surface area contributed by atoms with Gasteiger partial charge in [-0.2, -0.15) is 0 Å². The Hall–Kier alpha value is -1.69. The number of hydrogen-bond donors (Lipinski definition) is 1. The van der Waals surface area contributed by atoms with Crippen molar-refractivity contribution in [1.82, 2.24) is 19.8 Å². The van der Waals surface area contributed by atoms with Gasteiger partial charge in [-0.1, -0.05) is 13.8 Å². The van der Waals surface area contributed by atoms with Gasteiger partial charge in [0, 0.05) is 25.0 Å². The summed E-state index contributed by atoms with van der Waals surface area (Å²) in [6.45, 7) is 9.39. The summed E-state index contributed by atoms with van der Waals surface area (Å²) in [6, 6.07) is 0.0920. The summed E-state index contributed by atoms with van der Waals surface area (Å²) in [5.74, 6) is 0.670. The van der Waals surface area contributed by atoms with Crippen LogP contribution in [-0.2, 0) is 0 Å². The number of aromatic nitrogens is 2. The van der Waals surface area contributed by atoms with Gasteiger partial charge in [0.1, 0.15) is 5.82 Å². The van der Waals surface area contributed by atoms with E-state index in [4.69, 9.17) is 5.73 Å². The van der Waals surface area contributed by atoms with E-state index in [2.05, 4.69) is 14.9 Å². The van der Waals surface area contributed by atoms with Crippen molar-refractivity contribution in [2.24, 2.45) is 0 Å². The lowest BCUT2D eigenvalue weighted by atomic mass is 10.2. The minimum absolute atomic E-state index is 0.0920. The van der Waals surface area contributed by atoms with Crippen LogP contribution in [0.2, 0.25) is 0 Å². The Bertz CT molecular complexity index is 487. The predicted octanol–water partition coefficient (Wildman–Crippen LogP) is 1.59. The molecule has 21 heavy (non-hydrogen) atoms. The van der Waals surface area contributed by atoms with E-state index in [-0.39, 0.29) is 17.9 Å². The number of nitrogen functional groups attached to an aromatic ring is 1. The fourth-order valence-corrected chi connectivity index (χ4v) is 2.27. The van der Waals surface area contributed by atoms with Crippen molar-refractivity contribution in [2.45, 2.75) is 39.7 Å². The van der Waals surface area contributed by atoms with Crippen LogP contribution in [0.1, 0.15) is 49.9 Å². The monoisotopic (exact) mass is 293 g/mol. The first-order valence-electron chi connectivity index (χ1n) is 7.36. The smallest absolute Gasteiger partial charge is 0.275 e. The molecule has 0 aromatic carbocycles. The maximum Gasteiger partial charge on any atom is 0.275 e. The van der Waals surface area contributed by atoms with E-state index in [9.17, 15) is 4.79 Å². The zero-order chi connectivity index (χ0) is 16.2. The molecule has 0 aliphatic heterocycles. The van der Waals surface area contributed by atoms with Gasteiger partial charge < -0.3 is 15.5 Å². The molecule has 0 radical (unpaired) electrons. The normalized spacial score (nSPS) is 12.8. The lowest BCUT2D eigenvalue weighted by molar-refractivity contribution is 0.0673. The second-order valence-corrected chi connectivity index (χ2v) is 5.89. The van der Waals surface area contributed by atoms with Gasteiger partial charge in [0.05, 0.1) is 11.9 Å². The number of carbonyl (C=O) groups is 1. The van der Waals surface area contributed by atoms with Crippen molar-refractivity contribution >= 4 is 11.6 Å². The SMILES string of the molecule is CCN(C(=O)c1nc(C(C)C)ncc1N)C(C)CN(C)C. The summed E-state index contributed by atoms with van der Waals surface area (Å²) in [5, 5.41) is 0. The number of rotatable bonds is 6. The summed E-state index contributed by atoms with van der Waals surface area (Å²) in [4.78, 5) is 25.1. The number of nitrogens with zero attached hydrogens (tertiary/aromatic N) is 4. The average Bonchev–Trinajstić information content (AvgIpc) is 2.38. The lowest BCUT2D eigenvalue weighted by Gasteiger charge is -2.30. The van der Waals surface area contributed by atoms with Gasteiger partial charge in [0.25, 0.3) is 5.91 Å². The van der Waals surface area contributed by atoms with Crippen LogP contribution in [0.15, 0.2) is 6.20 Å². The molecule has 0 saturated carbocycles. The number of hydrogen-bond acceptors (Lipinski definition) is 5. The van der Waals surface area contributed by atoms with Crippen LogP contribution >= 0.6 is 0 Å². The number of anilines is 1. The Balaban J connectivity index is 3.07. The molecule has 1 amide bonds. The van der Waals surface area contributed by atoms with Crippen molar-refractivity contribution < 1.29 is 4.79 Å². The fraction of sp³-hybridized carbons (Fsp3) is 0.667. The highest BCUT2D eigenvalue weighted by Crippen LogP contribution is 2.16. The van der Waals surface area contributed by atoms with Gasteiger partial charge in [-0.15, -0.1) is 0 Å². The molecule has 1 heterocycles. The summed E-state index contributed by atoms with van der Waals surface area (Å²) >= 11 is 0. The molecule has 118 valence electrons. The first-order valence-corrected chi connectivity index (χ1v) is 7.36. The van der Waals surface area contributed by atoms with Crippen LogP contribution in [0.3, 0.4) is 0 Å². The minimum Gasteiger partial charge on any atom is -0.396 e. The van der Waals surface area contributed by atoms with Crippen LogP contribution in [0, 0.1) is 0 Å². The van der Waals surface area contributed by atoms with E-state index in [1.54, 1.807) is 4.90 Å². The second-order valence-electron chi connectivity index (χ2n) is 5.89. The zero-order valence-corrected chi connectivity index (χ0v) is 13.9. The van der Waals surface area contributed by atoms with E-state index in [1.165, 1.54) is 6.20 Å². The third-order valence-corrected chi connectivity index (χ3v) is 3.32. The first kappa shape index (κ1) is 17.4. The maximum atomic E-state index is 12.7. The van der Waals surface area contributed by atoms with Crippen molar-refractivity contribution in [3.05, 3.63) is 17.7 Å². The van der Waals surface area contributed by atoms with Gasteiger partial charge in [0.15, 0.2) is 5.69 Å². The van der Waals surface area contributed by atoms with Gasteiger partial charge in [-0.05, 0) is 27.9 Å². The van der Waals surface area contributed by atoms with Crippen LogP contribution < -0.4 is 5.73 Å². The van der Waals surface area contributed by atoms with Gasteiger partial charge in [0.2, 0.25) is 0 Å². The van der Waals surface area contributed by atoms with Crippen LogP contribution in [-0.4, -0.2) is 58.9 Å². The third-order valence-electron chi connectivity index (χ3n) is 3.32.